The molecular formula is C15H17NS. The lowest BCUT2D eigenvalue weighted by molar-refractivity contribution is 0.377. The summed E-state index contributed by atoms with van der Waals surface area (Å²) < 4.78 is 0. The molecule has 17 heavy (non-hydrogen) atoms. The maximum Gasteiger partial charge on any atom is 0.0329 e. The van der Waals surface area contributed by atoms with Crippen molar-refractivity contribution >= 4 is 11.3 Å². The van der Waals surface area contributed by atoms with Gasteiger partial charge in [-0.3, -0.25) is 0 Å². The maximum absolute atomic E-state index is 6.41. The number of hydrogen-bond acceptors (Lipinski definition) is 2. The Kier molecular flexibility index (Phi) is 3.00. The summed E-state index contributed by atoms with van der Waals surface area (Å²) in [6.45, 7) is 0. The lowest BCUT2D eigenvalue weighted by Crippen LogP contribution is -2.28. The molecule has 2 atom stereocenters. The fourth-order valence-corrected chi connectivity index (χ4v) is 3.48. The van der Waals surface area contributed by atoms with Gasteiger partial charge < -0.3 is 5.73 Å². The minimum atomic E-state index is 0.208. The summed E-state index contributed by atoms with van der Waals surface area (Å²) in [6.07, 6.45) is 3.52. The van der Waals surface area contributed by atoms with Gasteiger partial charge in [-0.1, -0.05) is 24.3 Å². The molecule has 1 heterocycles. The van der Waals surface area contributed by atoms with E-state index in [9.17, 15) is 0 Å². The van der Waals surface area contributed by atoms with Gasteiger partial charge in [-0.15, -0.1) is 0 Å². The molecule has 88 valence electrons. The Balaban J connectivity index is 1.82. The van der Waals surface area contributed by atoms with Gasteiger partial charge >= 0.3 is 0 Å². The molecule has 0 saturated carbocycles. The van der Waals surface area contributed by atoms with Gasteiger partial charge in [0.2, 0.25) is 0 Å². The van der Waals surface area contributed by atoms with Crippen molar-refractivity contribution in [1.29, 1.82) is 0 Å². The van der Waals surface area contributed by atoms with Gasteiger partial charge in [0.25, 0.3) is 0 Å². The second-order valence-corrected chi connectivity index (χ2v) is 5.64. The van der Waals surface area contributed by atoms with Crippen LogP contribution >= 0.6 is 11.3 Å². The van der Waals surface area contributed by atoms with Crippen molar-refractivity contribution in [2.75, 3.05) is 0 Å². The number of thiophene rings is 1. The molecule has 0 radical (unpaired) electrons. The molecule has 1 aliphatic rings. The fourth-order valence-electron chi connectivity index (χ4n) is 2.80. The molecule has 0 aliphatic heterocycles. The van der Waals surface area contributed by atoms with E-state index in [1.165, 1.54) is 29.5 Å². The summed E-state index contributed by atoms with van der Waals surface area (Å²) in [5, 5.41) is 4.39. The molecule has 2 unspecified atom stereocenters. The highest BCUT2D eigenvalue weighted by molar-refractivity contribution is 7.07. The minimum Gasteiger partial charge on any atom is -0.324 e. The predicted molar refractivity (Wildman–Crippen MR) is 73.2 cm³/mol. The molecular weight excluding hydrogens is 226 g/mol. The number of fused-ring (bicyclic) bond motifs is 1. The third-order valence-corrected chi connectivity index (χ3v) is 4.52. The van der Waals surface area contributed by atoms with Crippen molar-refractivity contribution in [3.8, 4) is 0 Å². The van der Waals surface area contributed by atoms with E-state index in [0.29, 0.717) is 5.92 Å². The zero-order valence-corrected chi connectivity index (χ0v) is 10.6. The molecule has 3 rings (SSSR count). The summed E-state index contributed by atoms with van der Waals surface area (Å²) >= 11 is 1.77. The van der Waals surface area contributed by atoms with E-state index < -0.39 is 0 Å². The second-order valence-electron chi connectivity index (χ2n) is 4.86. The standard InChI is InChI=1S/C15H17NS/c16-15-13(9-11-7-8-17-10-11)6-5-12-3-1-2-4-14(12)15/h1-4,7-8,10,13,15H,5-6,9,16H2. The highest BCUT2D eigenvalue weighted by atomic mass is 32.1. The molecule has 0 saturated heterocycles. The average Bonchev–Trinajstić information content (AvgIpc) is 2.86. The topological polar surface area (TPSA) is 26.0 Å². The summed E-state index contributed by atoms with van der Waals surface area (Å²) in [6, 6.07) is 11.1. The summed E-state index contributed by atoms with van der Waals surface area (Å²) in [7, 11) is 0. The molecule has 0 amide bonds. The van der Waals surface area contributed by atoms with Crippen LogP contribution in [0.25, 0.3) is 0 Å². The first kappa shape index (κ1) is 11.0. The van der Waals surface area contributed by atoms with E-state index in [1.54, 1.807) is 11.3 Å². The highest BCUT2D eigenvalue weighted by Crippen LogP contribution is 2.34. The first-order chi connectivity index (χ1) is 8.34. The van der Waals surface area contributed by atoms with E-state index in [0.717, 1.165) is 6.42 Å². The van der Waals surface area contributed by atoms with E-state index in [2.05, 4.69) is 41.1 Å². The monoisotopic (exact) mass is 243 g/mol. The molecule has 0 spiro atoms. The van der Waals surface area contributed by atoms with Crippen molar-refractivity contribution in [1.82, 2.24) is 0 Å². The second kappa shape index (κ2) is 4.63. The van der Waals surface area contributed by atoms with Gasteiger partial charge in [0, 0.05) is 6.04 Å². The van der Waals surface area contributed by atoms with Crippen LogP contribution in [0.2, 0.25) is 0 Å². The molecule has 1 aromatic carbocycles. The number of aryl methyl sites for hydroxylation is 1. The SMILES string of the molecule is NC1c2ccccc2CCC1Cc1ccsc1. The number of benzene rings is 1. The lowest BCUT2D eigenvalue weighted by Gasteiger charge is -2.31. The van der Waals surface area contributed by atoms with Crippen LogP contribution < -0.4 is 5.73 Å². The predicted octanol–water partition coefficient (Wildman–Crippen LogP) is 3.55. The van der Waals surface area contributed by atoms with Crippen LogP contribution in [0.15, 0.2) is 41.1 Å². The molecule has 1 nitrogen and oxygen atoms in total. The number of hydrogen-bond donors (Lipinski definition) is 1. The van der Waals surface area contributed by atoms with Gasteiger partial charge in [0.15, 0.2) is 0 Å². The van der Waals surface area contributed by atoms with Crippen LogP contribution in [0.1, 0.15) is 29.2 Å². The van der Waals surface area contributed by atoms with E-state index in [1.807, 2.05) is 0 Å². The molecule has 2 aromatic rings. The summed E-state index contributed by atoms with van der Waals surface area (Å²) in [5.41, 5.74) is 10.7. The van der Waals surface area contributed by atoms with Crippen LogP contribution in [-0.2, 0) is 12.8 Å². The first-order valence-electron chi connectivity index (χ1n) is 6.19. The van der Waals surface area contributed by atoms with Crippen LogP contribution in [0.5, 0.6) is 0 Å². The minimum absolute atomic E-state index is 0.208. The average molecular weight is 243 g/mol. The van der Waals surface area contributed by atoms with Gasteiger partial charge in [-0.25, -0.2) is 0 Å². The summed E-state index contributed by atoms with van der Waals surface area (Å²) in [5.74, 6) is 0.597. The molecule has 2 N–H and O–H groups in total. The van der Waals surface area contributed by atoms with Gasteiger partial charge in [-0.05, 0) is 58.7 Å². The number of nitrogens with two attached hydrogens (primary N) is 1. The fraction of sp³-hybridized carbons (Fsp3) is 0.333. The van der Waals surface area contributed by atoms with Gasteiger partial charge in [0.05, 0.1) is 0 Å². The Morgan fingerprint density at radius 2 is 2.12 bits per heavy atom. The van der Waals surface area contributed by atoms with Crippen LogP contribution in [0.3, 0.4) is 0 Å². The maximum atomic E-state index is 6.41. The van der Waals surface area contributed by atoms with E-state index in [4.69, 9.17) is 5.73 Å². The first-order valence-corrected chi connectivity index (χ1v) is 7.13. The zero-order chi connectivity index (χ0) is 11.7. The van der Waals surface area contributed by atoms with Crippen molar-refractivity contribution in [2.24, 2.45) is 11.7 Å². The Morgan fingerprint density at radius 1 is 1.24 bits per heavy atom. The Bertz CT molecular complexity index is 489. The number of rotatable bonds is 2. The van der Waals surface area contributed by atoms with Gasteiger partial charge in [0.1, 0.15) is 0 Å². The summed E-state index contributed by atoms with van der Waals surface area (Å²) in [4.78, 5) is 0. The van der Waals surface area contributed by atoms with Crippen molar-refractivity contribution in [3.05, 3.63) is 57.8 Å². The van der Waals surface area contributed by atoms with Crippen LogP contribution in [-0.4, -0.2) is 0 Å². The molecule has 2 heteroatoms. The quantitative estimate of drug-likeness (QED) is 0.857. The molecule has 0 bridgehead atoms. The van der Waals surface area contributed by atoms with E-state index >= 15 is 0 Å². The third kappa shape index (κ3) is 2.15. The Morgan fingerprint density at radius 3 is 2.94 bits per heavy atom. The smallest absolute Gasteiger partial charge is 0.0329 e. The molecule has 0 fully saturated rings. The molecule has 1 aromatic heterocycles. The third-order valence-electron chi connectivity index (χ3n) is 3.78. The van der Waals surface area contributed by atoms with Crippen LogP contribution in [0, 0.1) is 5.92 Å². The zero-order valence-electron chi connectivity index (χ0n) is 9.80. The van der Waals surface area contributed by atoms with Crippen LogP contribution in [0.4, 0.5) is 0 Å². The largest absolute Gasteiger partial charge is 0.324 e. The highest BCUT2D eigenvalue weighted by Gasteiger charge is 2.26. The normalized spacial score (nSPS) is 23.4. The Hall–Kier alpha value is -1.12. The Labute approximate surface area is 106 Å². The molecule has 1 aliphatic carbocycles. The van der Waals surface area contributed by atoms with Crippen molar-refractivity contribution in [2.45, 2.75) is 25.3 Å². The van der Waals surface area contributed by atoms with E-state index in [-0.39, 0.29) is 6.04 Å². The van der Waals surface area contributed by atoms with Crippen molar-refractivity contribution < 1.29 is 0 Å². The lowest BCUT2D eigenvalue weighted by atomic mass is 9.78. The van der Waals surface area contributed by atoms with Gasteiger partial charge in [-0.2, -0.15) is 11.3 Å². The van der Waals surface area contributed by atoms with Crippen molar-refractivity contribution in [3.63, 3.8) is 0 Å².